The fourth-order valence-electron chi connectivity index (χ4n) is 3.60. The molecule has 0 spiro atoms. The molecule has 1 aromatic heterocycles. The number of nitrogens with zero attached hydrogens (tertiary/aromatic N) is 1. The van der Waals surface area contributed by atoms with Gasteiger partial charge in [-0.05, 0) is 31.5 Å². The van der Waals surface area contributed by atoms with Crippen LogP contribution in [0.2, 0.25) is 0 Å². The molecule has 28 heavy (non-hydrogen) atoms. The highest BCUT2D eigenvalue weighted by Crippen LogP contribution is 2.41. The van der Waals surface area contributed by atoms with Crippen molar-refractivity contribution >= 4 is 16.8 Å². The Morgan fingerprint density at radius 3 is 2.89 bits per heavy atom. The fourth-order valence-corrected chi connectivity index (χ4v) is 3.60. The van der Waals surface area contributed by atoms with Crippen molar-refractivity contribution in [3.05, 3.63) is 65.9 Å². The van der Waals surface area contributed by atoms with Crippen LogP contribution < -0.4 is 14.8 Å². The zero-order valence-corrected chi connectivity index (χ0v) is 16.2. The Labute approximate surface area is 164 Å². The van der Waals surface area contributed by atoms with Gasteiger partial charge in [0.05, 0.1) is 18.5 Å². The van der Waals surface area contributed by atoms with Gasteiger partial charge in [-0.3, -0.25) is 9.78 Å². The molecule has 0 unspecified atom stereocenters. The summed E-state index contributed by atoms with van der Waals surface area (Å²) in [5.41, 5.74) is 2.75. The average Bonchev–Trinajstić information content (AvgIpc) is 3.00. The van der Waals surface area contributed by atoms with E-state index in [2.05, 4.69) is 30.2 Å². The molecule has 0 radical (unpaired) electrons. The van der Waals surface area contributed by atoms with E-state index in [-0.39, 0.29) is 11.5 Å². The molecule has 3 aromatic rings. The van der Waals surface area contributed by atoms with Gasteiger partial charge >= 0.3 is 0 Å². The van der Waals surface area contributed by atoms with Crippen LogP contribution >= 0.6 is 0 Å². The van der Waals surface area contributed by atoms with Gasteiger partial charge in [-0.2, -0.15) is 0 Å². The van der Waals surface area contributed by atoms with E-state index >= 15 is 0 Å². The second-order valence-electron chi connectivity index (χ2n) is 7.65. The molecule has 1 amide bonds. The lowest BCUT2D eigenvalue weighted by Crippen LogP contribution is -2.29. The number of amides is 1. The summed E-state index contributed by atoms with van der Waals surface area (Å²) in [4.78, 5) is 16.7. The Kier molecular flexibility index (Phi) is 4.90. The molecule has 0 atom stereocenters. The topological polar surface area (TPSA) is 60.5 Å². The number of fused-ring (bicyclic) bond motifs is 2. The molecule has 4 rings (SSSR count). The van der Waals surface area contributed by atoms with Crippen molar-refractivity contribution in [2.24, 2.45) is 0 Å². The number of hydrogen-bond acceptors (Lipinski definition) is 4. The number of para-hydroxylation sites is 2. The number of benzene rings is 2. The third-order valence-electron chi connectivity index (χ3n) is 4.80. The summed E-state index contributed by atoms with van der Waals surface area (Å²) in [6.07, 6.45) is 2.92. The summed E-state index contributed by atoms with van der Waals surface area (Å²) in [6, 6.07) is 15.7. The lowest BCUT2D eigenvalue weighted by molar-refractivity contribution is -0.120. The van der Waals surface area contributed by atoms with Gasteiger partial charge in [0, 0.05) is 23.6 Å². The summed E-state index contributed by atoms with van der Waals surface area (Å²) in [5, 5.41) is 3.96. The first-order valence-corrected chi connectivity index (χ1v) is 9.55. The van der Waals surface area contributed by atoms with Crippen LogP contribution in [-0.2, 0) is 17.6 Å². The lowest BCUT2D eigenvalue weighted by atomic mass is 10.0. The highest BCUT2D eigenvalue weighted by molar-refractivity contribution is 5.87. The Balaban J connectivity index is 1.31. The zero-order valence-electron chi connectivity index (χ0n) is 16.2. The van der Waals surface area contributed by atoms with Crippen molar-refractivity contribution in [3.63, 3.8) is 0 Å². The van der Waals surface area contributed by atoms with E-state index in [0.717, 1.165) is 39.9 Å². The first-order chi connectivity index (χ1) is 13.5. The molecule has 0 saturated carbocycles. The number of hydrogen-bond donors (Lipinski definition) is 1. The summed E-state index contributed by atoms with van der Waals surface area (Å²) in [6.45, 7) is 4.96. The zero-order chi connectivity index (χ0) is 19.6. The van der Waals surface area contributed by atoms with Crippen molar-refractivity contribution in [2.75, 3.05) is 13.2 Å². The molecule has 1 aliphatic heterocycles. The Morgan fingerprint density at radius 2 is 2.00 bits per heavy atom. The van der Waals surface area contributed by atoms with E-state index in [0.29, 0.717) is 19.6 Å². The minimum atomic E-state index is -0.206. The number of ether oxygens (including phenoxy) is 2. The van der Waals surface area contributed by atoms with Crippen molar-refractivity contribution in [1.29, 1.82) is 0 Å². The second kappa shape index (κ2) is 7.50. The van der Waals surface area contributed by atoms with Crippen LogP contribution in [0.5, 0.6) is 11.5 Å². The van der Waals surface area contributed by atoms with Crippen LogP contribution in [0, 0.1) is 0 Å². The third-order valence-corrected chi connectivity index (χ3v) is 4.80. The number of aromatic nitrogens is 1. The van der Waals surface area contributed by atoms with Crippen molar-refractivity contribution in [3.8, 4) is 11.5 Å². The van der Waals surface area contributed by atoms with Crippen LogP contribution in [0.3, 0.4) is 0 Å². The normalized spacial score (nSPS) is 14.4. The Bertz CT molecular complexity index is 1010. The number of carbonyl (C=O) groups is 1. The van der Waals surface area contributed by atoms with Gasteiger partial charge in [0.2, 0.25) is 5.91 Å². The van der Waals surface area contributed by atoms with Crippen LogP contribution in [0.4, 0.5) is 0 Å². The highest BCUT2D eigenvalue weighted by Gasteiger charge is 2.32. The number of nitrogens with one attached hydrogen (secondary N) is 1. The van der Waals surface area contributed by atoms with E-state index in [9.17, 15) is 4.79 Å². The van der Waals surface area contributed by atoms with Gasteiger partial charge in [0.25, 0.3) is 0 Å². The molecule has 0 bridgehead atoms. The highest BCUT2D eigenvalue weighted by atomic mass is 16.5. The van der Waals surface area contributed by atoms with E-state index in [1.807, 2.05) is 42.5 Å². The molecule has 0 aliphatic carbocycles. The number of carbonyl (C=O) groups excluding carboxylic acids is 1. The van der Waals surface area contributed by atoms with Crippen LogP contribution in [0.25, 0.3) is 10.9 Å². The average molecular weight is 376 g/mol. The van der Waals surface area contributed by atoms with Gasteiger partial charge in [-0.1, -0.05) is 36.4 Å². The maximum absolute atomic E-state index is 12.3. The van der Waals surface area contributed by atoms with Gasteiger partial charge in [-0.15, -0.1) is 0 Å². The summed E-state index contributed by atoms with van der Waals surface area (Å²) in [7, 11) is 0. The predicted molar refractivity (Wildman–Crippen MR) is 109 cm³/mol. The maximum atomic E-state index is 12.3. The molecule has 5 nitrogen and oxygen atoms in total. The molecular weight excluding hydrogens is 352 g/mol. The smallest absolute Gasteiger partial charge is 0.224 e. The van der Waals surface area contributed by atoms with Crippen LogP contribution in [-0.4, -0.2) is 29.6 Å². The molecule has 2 heterocycles. The lowest BCUT2D eigenvalue weighted by Gasteiger charge is -2.18. The van der Waals surface area contributed by atoms with Gasteiger partial charge in [0.1, 0.15) is 12.2 Å². The van der Waals surface area contributed by atoms with E-state index < -0.39 is 0 Å². The number of rotatable bonds is 6. The quantitative estimate of drug-likeness (QED) is 0.667. The first kappa shape index (κ1) is 18.3. The minimum absolute atomic E-state index is 0.0440. The molecule has 1 aliphatic rings. The van der Waals surface area contributed by atoms with E-state index in [1.54, 1.807) is 6.20 Å². The number of pyridine rings is 1. The van der Waals surface area contributed by atoms with Crippen molar-refractivity contribution < 1.29 is 14.3 Å². The maximum Gasteiger partial charge on any atom is 0.224 e. The van der Waals surface area contributed by atoms with Crippen molar-refractivity contribution in [2.45, 2.75) is 32.3 Å². The van der Waals surface area contributed by atoms with Gasteiger partial charge in [-0.25, -0.2) is 0 Å². The standard InChI is InChI=1S/C23H24N2O3/c1-23(2)15-18-8-4-10-19(22(18)28-23)27-13-12-24-20(26)14-17-7-3-6-16-9-5-11-25-21(16)17/h3-11H,12-15H2,1-2H3,(H,24,26). The molecule has 1 N–H and O–H groups in total. The van der Waals surface area contributed by atoms with E-state index in [1.165, 1.54) is 0 Å². The summed E-state index contributed by atoms with van der Waals surface area (Å²) in [5.74, 6) is 1.51. The first-order valence-electron chi connectivity index (χ1n) is 9.55. The third kappa shape index (κ3) is 3.93. The van der Waals surface area contributed by atoms with Crippen molar-refractivity contribution in [1.82, 2.24) is 10.3 Å². The Morgan fingerprint density at radius 1 is 1.18 bits per heavy atom. The molecule has 0 saturated heterocycles. The Hall–Kier alpha value is -3.08. The minimum Gasteiger partial charge on any atom is -0.488 e. The molecule has 2 aromatic carbocycles. The van der Waals surface area contributed by atoms with Gasteiger partial charge < -0.3 is 14.8 Å². The predicted octanol–water partition coefficient (Wildman–Crippen LogP) is 3.69. The summed E-state index contributed by atoms with van der Waals surface area (Å²) >= 11 is 0. The van der Waals surface area contributed by atoms with Gasteiger partial charge in [0.15, 0.2) is 11.5 Å². The van der Waals surface area contributed by atoms with Crippen LogP contribution in [0.15, 0.2) is 54.7 Å². The van der Waals surface area contributed by atoms with Crippen LogP contribution in [0.1, 0.15) is 25.0 Å². The largest absolute Gasteiger partial charge is 0.488 e. The monoisotopic (exact) mass is 376 g/mol. The fraction of sp³-hybridized carbons (Fsp3) is 0.304. The van der Waals surface area contributed by atoms with E-state index in [4.69, 9.17) is 9.47 Å². The molecule has 144 valence electrons. The molecule has 0 fully saturated rings. The summed E-state index contributed by atoms with van der Waals surface area (Å²) < 4.78 is 11.9. The molecular formula is C23H24N2O3. The molecule has 5 heteroatoms. The second-order valence-corrected chi connectivity index (χ2v) is 7.65. The SMILES string of the molecule is CC1(C)Cc2cccc(OCCNC(=O)Cc3cccc4cccnc34)c2O1.